The van der Waals surface area contributed by atoms with Crippen LogP contribution in [-0.4, -0.2) is 0 Å². The van der Waals surface area contributed by atoms with Gasteiger partial charge in [-0.2, -0.15) is 0 Å². The number of halogens is 1. The maximum Gasteiger partial charge on any atom is 0.0483 e. The predicted molar refractivity (Wildman–Crippen MR) is 102 cm³/mol. The van der Waals surface area contributed by atoms with Crippen molar-refractivity contribution in [3.8, 4) is 0 Å². The summed E-state index contributed by atoms with van der Waals surface area (Å²) in [5.74, 6) is 0.808. The zero-order valence-electron chi connectivity index (χ0n) is 14.7. The number of rotatable bonds is 9. The normalized spacial score (nSPS) is 13.2. The second-order valence-electron chi connectivity index (χ2n) is 6.47. The van der Waals surface area contributed by atoms with Crippen LogP contribution in [0, 0.1) is 12.8 Å². The first-order chi connectivity index (χ1) is 10.5. The number of aryl methyl sites for hydroxylation is 1. The van der Waals surface area contributed by atoms with Gasteiger partial charge in [-0.1, -0.05) is 61.7 Å². The molecule has 0 saturated heterocycles. The summed E-state index contributed by atoms with van der Waals surface area (Å²) < 4.78 is 0. The summed E-state index contributed by atoms with van der Waals surface area (Å²) in [6.45, 7) is 13.0. The average molecular weight is 319 g/mol. The van der Waals surface area contributed by atoms with Gasteiger partial charge in [-0.15, -0.1) is 0 Å². The van der Waals surface area contributed by atoms with E-state index in [9.17, 15) is 0 Å². The van der Waals surface area contributed by atoms with Crippen LogP contribution in [0.2, 0.25) is 5.02 Å². The Labute approximate surface area is 142 Å². The SMILES string of the molecule is C=C(CCCC(CCC)C/C(C)=C/C)c1ccc(C)cc1Cl. The fourth-order valence-electron chi connectivity index (χ4n) is 2.98. The third-order valence-corrected chi connectivity index (χ3v) is 4.71. The minimum Gasteiger partial charge on any atom is -0.0952 e. The summed E-state index contributed by atoms with van der Waals surface area (Å²) in [4.78, 5) is 0. The minimum atomic E-state index is 0.808. The molecule has 1 rings (SSSR count). The molecule has 0 amide bonds. The van der Waals surface area contributed by atoms with E-state index in [4.69, 9.17) is 11.6 Å². The van der Waals surface area contributed by atoms with E-state index in [0.717, 1.165) is 22.9 Å². The van der Waals surface area contributed by atoms with Crippen LogP contribution < -0.4 is 0 Å². The van der Waals surface area contributed by atoms with Gasteiger partial charge in [-0.25, -0.2) is 0 Å². The van der Waals surface area contributed by atoms with E-state index < -0.39 is 0 Å². The predicted octanol–water partition coefficient (Wildman–Crippen LogP) is 7.60. The molecule has 0 N–H and O–H groups in total. The van der Waals surface area contributed by atoms with Crippen molar-refractivity contribution in [2.45, 2.75) is 66.2 Å². The fourth-order valence-corrected chi connectivity index (χ4v) is 3.34. The van der Waals surface area contributed by atoms with Gasteiger partial charge in [0.15, 0.2) is 0 Å². The van der Waals surface area contributed by atoms with Gasteiger partial charge in [0.25, 0.3) is 0 Å². The quantitative estimate of drug-likeness (QED) is 0.411. The van der Waals surface area contributed by atoms with Gasteiger partial charge < -0.3 is 0 Å². The van der Waals surface area contributed by atoms with Gasteiger partial charge in [-0.05, 0) is 75.1 Å². The Morgan fingerprint density at radius 1 is 1.32 bits per heavy atom. The van der Waals surface area contributed by atoms with Gasteiger partial charge in [-0.3, -0.25) is 0 Å². The zero-order valence-corrected chi connectivity index (χ0v) is 15.5. The lowest BCUT2D eigenvalue weighted by molar-refractivity contribution is 0.431. The summed E-state index contributed by atoms with van der Waals surface area (Å²) >= 11 is 6.33. The highest BCUT2D eigenvalue weighted by Crippen LogP contribution is 2.29. The van der Waals surface area contributed by atoms with E-state index in [1.807, 2.05) is 6.07 Å². The summed E-state index contributed by atoms with van der Waals surface area (Å²) in [5.41, 5.74) is 5.00. The van der Waals surface area contributed by atoms with Crippen molar-refractivity contribution in [1.29, 1.82) is 0 Å². The first kappa shape index (κ1) is 19.0. The summed E-state index contributed by atoms with van der Waals surface area (Å²) in [5, 5.41) is 0.833. The van der Waals surface area contributed by atoms with Crippen LogP contribution in [0.3, 0.4) is 0 Å². The topological polar surface area (TPSA) is 0 Å². The molecule has 0 aliphatic carbocycles. The Morgan fingerprint density at radius 2 is 2.05 bits per heavy atom. The molecule has 1 aromatic rings. The van der Waals surface area contributed by atoms with Crippen LogP contribution in [0.4, 0.5) is 0 Å². The lowest BCUT2D eigenvalue weighted by Gasteiger charge is -2.17. The van der Waals surface area contributed by atoms with Gasteiger partial charge in [0, 0.05) is 5.02 Å². The Balaban J connectivity index is 2.51. The maximum absolute atomic E-state index is 6.33. The molecule has 1 unspecified atom stereocenters. The van der Waals surface area contributed by atoms with Crippen LogP contribution in [-0.2, 0) is 0 Å². The van der Waals surface area contributed by atoms with Crippen LogP contribution in [0.5, 0.6) is 0 Å². The first-order valence-corrected chi connectivity index (χ1v) is 8.91. The Bertz CT molecular complexity index is 511. The van der Waals surface area contributed by atoms with E-state index >= 15 is 0 Å². The molecule has 0 radical (unpaired) electrons. The molecule has 122 valence electrons. The van der Waals surface area contributed by atoms with Crippen molar-refractivity contribution >= 4 is 17.2 Å². The summed E-state index contributed by atoms with van der Waals surface area (Å²) in [7, 11) is 0. The van der Waals surface area contributed by atoms with Gasteiger partial charge in [0.1, 0.15) is 0 Å². The van der Waals surface area contributed by atoms with Crippen molar-refractivity contribution in [1.82, 2.24) is 0 Å². The van der Waals surface area contributed by atoms with Crippen LogP contribution in [0.1, 0.15) is 70.4 Å². The Morgan fingerprint density at radius 3 is 2.64 bits per heavy atom. The van der Waals surface area contributed by atoms with E-state index in [1.54, 1.807) is 0 Å². The van der Waals surface area contributed by atoms with Crippen LogP contribution >= 0.6 is 11.6 Å². The Kier molecular flexibility index (Phi) is 8.56. The zero-order chi connectivity index (χ0) is 16.5. The average Bonchev–Trinajstić information content (AvgIpc) is 2.47. The smallest absolute Gasteiger partial charge is 0.0483 e. The summed E-state index contributed by atoms with van der Waals surface area (Å²) in [6.07, 6.45) is 9.59. The highest BCUT2D eigenvalue weighted by Gasteiger charge is 2.10. The highest BCUT2D eigenvalue weighted by atomic mass is 35.5. The standard InChI is InChI=1S/C21H31Cl/c1-6-9-19(14-16(3)7-2)11-8-10-18(5)20-13-12-17(4)15-21(20)22/h7,12-13,15,19H,5-6,8-11,14H2,1-4H3/b16-7+. The molecular weight excluding hydrogens is 288 g/mol. The maximum atomic E-state index is 6.33. The molecule has 22 heavy (non-hydrogen) atoms. The van der Waals surface area contributed by atoms with Crippen LogP contribution in [0.15, 0.2) is 36.4 Å². The number of hydrogen-bond donors (Lipinski definition) is 0. The molecule has 0 heterocycles. The van der Waals surface area contributed by atoms with Gasteiger partial charge in [0.2, 0.25) is 0 Å². The van der Waals surface area contributed by atoms with Crippen molar-refractivity contribution in [3.05, 3.63) is 52.6 Å². The van der Waals surface area contributed by atoms with Gasteiger partial charge in [0.05, 0.1) is 0 Å². The fraction of sp³-hybridized carbons (Fsp3) is 0.524. The molecule has 1 atom stereocenters. The number of benzene rings is 1. The minimum absolute atomic E-state index is 0.808. The third kappa shape index (κ3) is 6.40. The molecule has 0 aliphatic heterocycles. The van der Waals surface area contributed by atoms with Crippen molar-refractivity contribution < 1.29 is 0 Å². The van der Waals surface area contributed by atoms with Crippen molar-refractivity contribution in [3.63, 3.8) is 0 Å². The monoisotopic (exact) mass is 318 g/mol. The number of allylic oxidation sites excluding steroid dienone is 3. The molecule has 1 aromatic carbocycles. The van der Waals surface area contributed by atoms with E-state index in [-0.39, 0.29) is 0 Å². The molecule has 0 aromatic heterocycles. The second-order valence-corrected chi connectivity index (χ2v) is 6.88. The number of hydrogen-bond acceptors (Lipinski definition) is 0. The molecule has 0 nitrogen and oxygen atoms in total. The lowest BCUT2D eigenvalue weighted by Crippen LogP contribution is -2.01. The molecular formula is C21H31Cl. The van der Waals surface area contributed by atoms with Crippen LogP contribution in [0.25, 0.3) is 5.57 Å². The first-order valence-electron chi connectivity index (χ1n) is 8.54. The summed E-state index contributed by atoms with van der Waals surface area (Å²) in [6, 6.07) is 6.24. The molecule has 0 fully saturated rings. The molecule has 0 spiro atoms. The second kappa shape index (κ2) is 9.90. The van der Waals surface area contributed by atoms with E-state index in [1.165, 1.54) is 48.8 Å². The van der Waals surface area contributed by atoms with E-state index in [0.29, 0.717) is 0 Å². The molecule has 0 saturated carbocycles. The van der Waals surface area contributed by atoms with Gasteiger partial charge >= 0.3 is 0 Å². The van der Waals surface area contributed by atoms with Crippen molar-refractivity contribution in [2.75, 3.05) is 0 Å². The largest absolute Gasteiger partial charge is 0.0952 e. The molecule has 0 bridgehead atoms. The molecule has 1 heteroatoms. The lowest BCUT2D eigenvalue weighted by atomic mass is 9.89. The van der Waals surface area contributed by atoms with Crippen molar-refractivity contribution in [2.24, 2.45) is 5.92 Å². The molecule has 0 aliphatic rings. The Hall–Kier alpha value is -1.01. The van der Waals surface area contributed by atoms with E-state index in [2.05, 4.69) is 52.5 Å². The highest BCUT2D eigenvalue weighted by molar-refractivity contribution is 6.32. The third-order valence-electron chi connectivity index (χ3n) is 4.40.